The van der Waals surface area contributed by atoms with Crippen LogP contribution in [0.5, 0.6) is 0 Å². The summed E-state index contributed by atoms with van der Waals surface area (Å²) >= 11 is 11.7. The van der Waals surface area contributed by atoms with Crippen LogP contribution in [0, 0.1) is 0 Å². The van der Waals surface area contributed by atoms with Crippen LogP contribution < -0.4 is 5.73 Å². The van der Waals surface area contributed by atoms with Crippen LogP contribution in [0.25, 0.3) is 0 Å². The van der Waals surface area contributed by atoms with Gasteiger partial charge in [-0.15, -0.1) is 0 Å². The molecule has 0 spiro atoms. The number of rotatable bonds is 3. The largest absolute Gasteiger partial charge is 0.324 e. The summed E-state index contributed by atoms with van der Waals surface area (Å²) in [5.74, 6) is 0. The lowest BCUT2D eigenvalue weighted by Crippen LogP contribution is -2.11. The van der Waals surface area contributed by atoms with Gasteiger partial charge in [-0.05, 0) is 18.1 Å². The van der Waals surface area contributed by atoms with Gasteiger partial charge in [0.25, 0.3) is 0 Å². The molecule has 0 saturated heterocycles. The topological polar surface area (TPSA) is 26.0 Å². The van der Waals surface area contributed by atoms with Gasteiger partial charge in [0.1, 0.15) is 0 Å². The van der Waals surface area contributed by atoms with Crippen LogP contribution in [0.4, 0.5) is 4.39 Å². The Hall–Kier alpha value is -0.310. The second-order valence-corrected chi connectivity index (χ2v) is 3.51. The Labute approximate surface area is 86.6 Å². The van der Waals surface area contributed by atoms with Crippen molar-refractivity contribution in [3.05, 3.63) is 33.8 Å². The molecule has 0 saturated carbocycles. The van der Waals surface area contributed by atoms with Gasteiger partial charge >= 0.3 is 0 Å². The Balaban J connectivity index is 2.93. The number of alkyl halides is 1. The average Bonchev–Trinajstić information content (AvgIpc) is 2.10. The fourth-order valence-corrected chi connectivity index (χ4v) is 1.53. The van der Waals surface area contributed by atoms with E-state index in [1.165, 1.54) is 0 Å². The smallest absolute Gasteiger partial charge is 0.0912 e. The van der Waals surface area contributed by atoms with Crippen molar-refractivity contribution in [1.29, 1.82) is 0 Å². The van der Waals surface area contributed by atoms with Crippen molar-refractivity contribution in [3.8, 4) is 0 Å². The first-order valence-electron chi connectivity index (χ1n) is 3.92. The Morgan fingerprint density at radius 3 is 2.69 bits per heavy atom. The zero-order valence-corrected chi connectivity index (χ0v) is 8.45. The van der Waals surface area contributed by atoms with Gasteiger partial charge in [0.05, 0.1) is 16.7 Å². The van der Waals surface area contributed by atoms with Crippen molar-refractivity contribution >= 4 is 23.2 Å². The van der Waals surface area contributed by atoms with Crippen molar-refractivity contribution in [3.63, 3.8) is 0 Å². The molecule has 0 aliphatic carbocycles. The monoisotopic (exact) mass is 221 g/mol. The third-order valence-electron chi connectivity index (χ3n) is 1.80. The van der Waals surface area contributed by atoms with Gasteiger partial charge in [-0.25, -0.2) is 0 Å². The van der Waals surface area contributed by atoms with E-state index >= 15 is 0 Å². The van der Waals surface area contributed by atoms with Crippen LogP contribution >= 0.6 is 23.2 Å². The number of hydrogen-bond acceptors (Lipinski definition) is 1. The molecule has 1 aromatic rings. The molecule has 13 heavy (non-hydrogen) atoms. The highest BCUT2D eigenvalue weighted by atomic mass is 35.5. The standard InChI is InChI=1S/C9H10Cl2FN/c10-7-3-1-2-6(9(7)11)8(13)4-5-12/h1-3,8H,4-5,13H2/t8-/m1/s1. The quantitative estimate of drug-likeness (QED) is 0.833. The zero-order valence-electron chi connectivity index (χ0n) is 6.93. The van der Waals surface area contributed by atoms with Crippen LogP contribution in [0.3, 0.4) is 0 Å². The second kappa shape index (κ2) is 4.80. The minimum Gasteiger partial charge on any atom is -0.324 e. The van der Waals surface area contributed by atoms with Crippen LogP contribution in [-0.4, -0.2) is 6.67 Å². The summed E-state index contributed by atoms with van der Waals surface area (Å²) in [6.07, 6.45) is 0.264. The number of nitrogens with two attached hydrogens (primary N) is 1. The SMILES string of the molecule is N[C@H](CCF)c1cccc(Cl)c1Cl. The van der Waals surface area contributed by atoms with E-state index in [1.54, 1.807) is 18.2 Å². The molecular weight excluding hydrogens is 212 g/mol. The van der Waals surface area contributed by atoms with Gasteiger partial charge in [0.2, 0.25) is 0 Å². The fourth-order valence-electron chi connectivity index (χ4n) is 1.08. The molecule has 2 N–H and O–H groups in total. The molecule has 1 rings (SSSR count). The summed E-state index contributed by atoms with van der Waals surface area (Å²) in [7, 11) is 0. The molecule has 4 heteroatoms. The predicted molar refractivity (Wildman–Crippen MR) is 54.0 cm³/mol. The van der Waals surface area contributed by atoms with Gasteiger partial charge in [-0.2, -0.15) is 0 Å². The Kier molecular flexibility index (Phi) is 3.97. The van der Waals surface area contributed by atoms with Gasteiger partial charge in [0, 0.05) is 6.04 Å². The summed E-state index contributed by atoms with van der Waals surface area (Å²) in [6, 6.07) is 4.81. The van der Waals surface area contributed by atoms with Crippen LogP contribution in [0.15, 0.2) is 18.2 Å². The highest BCUT2D eigenvalue weighted by molar-refractivity contribution is 6.42. The summed E-state index contributed by atoms with van der Waals surface area (Å²) in [6.45, 7) is -0.454. The Morgan fingerprint density at radius 1 is 1.38 bits per heavy atom. The number of halogens is 3. The summed E-state index contributed by atoms with van der Waals surface area (Å²) in [5, 5.41) is 0.874. The highest BCUT2D eigenvalue weighted by Gasteiger charge is 2.11. The molecule has 0 amide bonds. The third-order valence-corrected chi connectivity index (χ3v) is 2.63. The minimum absolute atomic E-state index is 0.264. The lowest BCUT2D eigenvalue weighted by molar-refractivity contribution is 0.442. The van der Waals surface area contributed by atoms with E-state index in [4.69, 9.17) is 28.9 Å². The van der Waals surface area contributed by atoms with E-state index in [9.17, 15) is 4.39 Å². The summed E-state index contributed by atoms with van der Waals surface area (Å²) < 4.78 is 12.0. The van der Waals surface area contributed by atoms with Crippen molar-refractivity contribution in [2.24, 2.45) is 5.73 Å². The molecule has 1 atom stereocenters. The maximum absolute atomic E-state index is 12.0. The minimum atomic E-state index is -0.454. The van der Waals surface area contributed by atoms with E-state index in [-0.39, 0.29) is 12.5 Å². The van der Waals surface area contributed by atoms with E-state index < -0.39 is 6.67 Å². The lowest BCUT2D eigenvalue weighted by Gasteiger charge is -2.12. The van der Waals surface area contributed by atoms with Gasteiger partial charge in [0.15, 0.2) is 0 Å². The van der Waals surface area contributed by atoms with E-state index in [0.717, 1.165) is 0 Å². The zero-order chi connectivity index (χ0) is 9.84. The second-order valence-electron chi connectivity index (χ2n) is 2.73. The molecule has 0 fully saturated rings. The fraction of sp³-hybridized carbons (Fsp3) is 0.333. The molecule has 0 aromatic heterocycles. The molecule has 0 aliphatic rings. The maximum Gasteiger partial charge on any atom is 0.0912 e. The molecule has 1 nitrogen and oxygen atoms in total. The van der Waals surface area contributed by atoms with Crippen molar-refractivity contribution in [2.45, 2.75) is 12.5 Å². The maximum atomic E-state index is 12.0. The first-order valence-corrected chi connectivity index (χ1v) is 4.68. The van der Waals surface area contributed by atoms with Crippen LogP contribution in [0.2, 0.25) is 10.0 Å². The summed E-state index contributed by atoms with van der Waals surface area (Å²) in [5.41, 5.74) is 6.39. The van der Waals surface area contributed by atoms with Gasteiger partial charge in [-0.1, -0.05) is 35.3 Å². The third kappa shape index (κ3) is 2.56. The molecule has 72 valence electrons. The average molecular weight is 222 g/mol. The Morgan fingerprint density at radius 2 is 2.08 bits per heavy atom. The number of benzene rings is 1. The molecule has 1 aromatic carbocycles. The lowest BCUT2D eigenvalue weighted by atomic mass is 10.1. The first-order chi connectivity index (χ1) is 6.16. The van der Waals surface area contributed by atoms with Crippen molar-refractivity contribution < 1.29 is 4.39 Å². The molecule has 0 unspecified atom stereocenters. The van der Waals surface area contributed by atoms with Crippen molar-refractivity contribution in [1.82, 2.24) is 0 Å². The molecule has 0 heterocycles. The summed E-state index contributed by atoms with van der Waals surface area (Å²) in [4.78, 5) is 0. The van der Waals surface area contributed by atoms with Gasteiger partial charge in [-0.3, -0.25) is 4.39 Å². The molecular formula is C9H10Cl2FN. The van der Waals surface area contributed by atoms with E-state index in [1.807, 2.05) is 0 Å². The highest BCUT2D eigenvalue weighted by Crippen LogP contribution is 2.29. The van der Waals surface area contributed by atoms with Gasteiger partial charge < -0.3 is 5.73 Å². The van der Waals surface area contributed by atoms with E-state index in [0.29, 0.717) is 15.6 Å². The van der Waals surface area contributed by atoms with Crippen molar-refractivity contribution in [2.75, 3.05) is 6.67 Å². The molecule has 0 bridgehead atoms. The molecule has 0 radical (unpaired) electrons. The first kappa shape index (κ1) is 10.8. The normalized spacial score (nSPS) is 12.9. The number of hydrogen-bond donors (Lipinski definition) is 1. The molecule has 0 aliphatic heterocycles. The van der Waals surface area contributed by atoms with Crippen LogP contribution in [0.1, 0.15) is 18.0 Å². The Bertz CT molecular complexity index is 291. The van der Waals surface area contributed by atoms with Crippen LogP contribution in [-0.2, 0) is 0 Å². The van der Waals surface area contributed by atoms with E-state index in [2.05, 4.69) is 0 Å². The predicted octanol–water partition coefficient (Wildman–Crippen LogP) is 3.35.